The first-order valence-electron chi connectivity index (χ1n) is 9.61. The number of amides is 3. The van der Waals surface area contributed by atoms with E-state index in [4.69, 9.17) is 0 Å². The van der Waals surface area contributed by atoms with Crippen LogP contribution in [0.3, 0.4) is 0 Å². The van der Waals surface area contributed by atoms with Crippen molar-refractivity contribution in [2.75, 3.05) is 16.8 Å². The minimum absolute atomic E-state index is 0.0816. The van der Waals surface area contributed by atoms with E-state index >= 15 is 0 Å². The number of anilines is 2. The number of rotatable bonds is 5. The molecular formula is C20H23N5O3. The standard InChI is InChI=1S/C20H23N5O3/c26-18-9-14(12-25(18)17-10-21-22-11-17)20(28)24-16-7-5-13(6-8-16)19(27)23-15-3-1-2-4-15/h5-8,10-11,14-15H,1-4,9,12H2,(H,21,22)(H,23,27)(H,24,28). The Hall–Kier alpha value is -3.16. The fraction of sp³-hybridized carbons (Fsp3) is 0.400. The quantitative estimate of drug-likeness (QED) is 0.737. The summed E-state index contributed by atoms with van der Waals surface area (Å²) in [5.41, 5.74) is 1.85. The van der Waals surface area contributed by atoms with Gasteiger partial charge >= 0.3 is 0 Å². The molecule has 1 aliphatic carbocycles. The zero-order valence-corrected chi connectivity index (χ0v) is 15.5. The number of carbonyl (C=O) groups excluding carboxylic acids is 3. The van der Waals surface area contributed by atoms with Crippen LogP contribution in [0, 0.1) is 5.92 Å². The molecule has 2 heterocycles. The van der Waals surface area contributed by atoms with Crippen LogP contribution < -0.4 is 15.5 Å². The van der Waals surface area contributed by atoms with Gasteiger partial charge in [0.1, 0.15) is 0 Å². The van der Waals surface area contributed by atoms with Gasteiger partial charge in [-0.15, -0.1) is 0 Å². The average molecular weight is 381 g/mol. The molecule has 146 valence electrons. The fourth-order valence-electron chi connectivity index (χ4n) is 3.81. The van der Waals surface area contributed by atoms with Gasteiger partial charge in [0.2, 0.25) is 11.8 Å². The summed E-state index contributed by atoms with van der Waals surface area (Å²) in [5.74, 6) is -0.808. The Bertz CT molecular complexity index is 856. The van der Waals surface area contributed by atoms with Gasteiger partial charge in [-0.2, -0.15) is 5.10 Å². The van der Waals surface area contributed by atoms with Gasteiger partial charge in [-0.3, -0.25) is 19.5 Å². The molecule has 0 spiro atoms. The molecule has 0 radical (unpaired) electrons. The van der Waals surface area contributed by atoms with E-state index in [1.54, 1.807) is 41.6 Å². The monoisotopic (exact) mass is 381 g/mol. The maximum absolute atomic E-state index is 12.5. The number of nitrogens with one attached hydrogen (secondary N) is 3. The van der Waals surface area contributed by atoms with Gasteiger partial charge in [0.15, 0.2) is 0 Å². The first-order valence-corrected chi connectivity index (χ1v) is 9.61. The topological polar surface area (TPSA) is 107 Å². The van der Waals surface area contributed by atoms with Crippen molar-refractivity contribution in [2.45, 2.75) is 38.1 Å². The lowest BCUT2D eigenvalue weighted by molar-refractivity contribution is -0.122. The van der Waals surface area contributed by atoms with E-state index < -0.39 is 5.92 Å². The second-order valence-electron chi connectivity index (χ2n) is 7.38. The summed E-state index contributed by atoms with van der Waals surface area (Å²) < 4.78 is 0. The number of H-pyrrole nitrogens is 1. The Morgan fingerprint density at radius 2 is 1.89 bits per heavy atom. The van der Waals surface area contributed by atoms with Crippen LogP contribution in [-0.2, 0) is 9.59 Å². The normalized spacial score (nSPS) is 19.8. The third-order valence-corrected chi connectivity index (χ3v) is 5.40. The van der Waals surface area contributed by atoms with Gasteiger partial charge in [-0.1, -0.05) is 12.8 Å². The molecule has 4 rings (SSSR count). The van der Waals surface area contributed by atoms with E-state index in [1.165, 1.54) is 0 Å². The van der Waals surface area contributed by atoms with E-state index in [0.29, 0.717) is 23.5 Å². The lowest BCUT2D eigenvalue weighted by Crippen LogP contribution is -2.32. The smallest absolute Gasteiger partial charge is 0.251 e. The lowest BCUT2D eigenvalue weighted by atomic mass is 10.1. The zero-order chi connectivity index (χ0) is 19.5. The molecule has 1 unspecified atom stereocenters. The Balaban J connectivity index is 1.33. The van der Waals surface area contributed by atoms with Gasteiger partial charge in [0.25, 0.3) is 5.91 Å². The van der Waals surface area contributed by atoms with Crippen molar-refractivity contribution in [3.8, 4) is 0 Å². The summed E-state index contributed by atoms with van der Waals surface area (Å²) in [6.45, 7) is 0.325. The molecule has 3 amide bonds. The highest BCUT2D eigenvalue weighted by molar-refractivity contribution is 6.03. The highest BCUT2D eigenvalue weighted by Gasteiger charge is 2.35. The second kappa shape index (κ2) is 7.84. The maximum atomic E-state index is 12.5. The third-order valence-electron chi connectivity index (χ3n) is 5.40. The third kappa shape index (κ3) is 3.90. The Morgan fingerprint density at radius 3 is 2.57 bits per heavy atom. The van der Waals surface area contributed by atoms with E-state index in [0.717, 1.165) is 25.7 Å². The molecule has 2 aliphatic rings. The lowest BCUT2D eigenvalue weighted by Gasteiger charge is -2.14. The van der Waals surface area contributed by atoms with Crippen LogP contribution in [0.4, 0.5) is 11.4 Å². The van der Waals surface area contributed by atoms with E-state index in [1.807, 2.05) is 0 Å². The number of carbonyl (C=O) groups is 3. The SMILES string of the molecule is O=C(NC1CCCC1)c1ccc(NC(=O)C2CC(=O)N(c3cn[nH]c3)C2)cc1. The molecule has 2 aromatic rings. The van der Waals surface area contributed by atoms with Crippen LogP contribution in [0.2, 0.25) is 0 Å². The molecule has 1 aliphatic heterocycles. The summed E-state index contributed by atoms with van der Waals surface area (Å²) in [4.78, 5) is 38.5. The molecule has 8 nitrogen and oxygen atoms in total. The van der Waals surface area contributed by atoms with Crippen LogP contribution in [0.25, 0.3) is 0 Å². The first kappa shape index (κ1) is 18.2. The molecule has 1 aromatic heterocycles. The molecule has 1 atom stereocenters. The van der Waals surface area contributed by atoms with Crippen molar-refractivity contribution in [1.29, 1.82) is 0 Å². The van der Waals surface area contributed by atoms with Crippen molar-refractivity contribution in [1.82, 2.24) is 15.5 Å². The number of aromatic amines is 1. The molecule has 28 heavy (non-hydrogen) atoms. The Morgan fingerprint density at radius 1 is 1.14 bits per heavy atom. The summed E-state index contributed by atoms with van der Waals surface area (Å²) in [6.07, 6.45) is 7.76. The molecule has 1 saturated carbocycles. The van der Waals surface area contributed by atoms with Gasteiger partial charge in [0, 0.05) is 36.5 Å². The molecule has 8 heteroatoms. The predicted octanol–water partition coefficient (Wildman–Crippen LogP) is 2.07. The van der Waals surface area contributed by atoms with Crippen molar-refractivity contribution in [3.63, 3.8) is 0 Å². The summed E-state index contributed by atoms with van der Waals surface area (Å²) in [5, 5.41) is 12.4. The number of aromatic nitrogens is 2. The van der Waals surface area contributed by atoms with E-state index in [9.17, 15) is 14.4 Å². The van der Waals surface area contributed by atoms with Crippen LogP contribution in [0.15, 0.2) is 36.7 Å². The van der Waals surface area contributed by atoms with Gasteiger partial charge in [-0.05, 0) is 37.1 Å². The van der Waals surface area contributed by atoms with Crippen LogP contribution in [0.5, 0.6) is 0 Å². The van der Waals surface area contributed by atoms with Crippen molar-refractivity contribution in [3.05, 3.63) is 42.2 Å². The molecule has 3 N–H and O–H groups in total. The summed E-state index contributed by atoms with van der Waals surface area (Å²) >= 11 is 0. The zero-order valence-electron chi connectivity index (χ0n) is 15.5. The van der Waals surface area contributed by atoms with Gasteiger partial charge in [0.05, 0.1) is 17.8 Å². The number of hydrogen-bond acceptors (Lipinski definition) is 4. The largest absolute Gasteiger partial charge is 0.349 e. The van der Waals surface area contributed by atoms with Gasteiger partial charge in [-0.25, -0.2) is 0 Å². The molecular weight excluding hydrogens is 358 g/mol. The Labute approximate surface area is 162 Å². The molecule has 2 fully saturated rings. The Kier molecular flexibility index (Phi) is 5.10. The average Bonchev–Trinajstić information content (AvgIpc) is 3.43. The van der Waals surface area contributed by atoms with E-state index in [2.05, 4.69) is 20.8 Å². The van der Waals surface area contributed by atoms with Crippen molar-refractivity contribution >= 4 is 29.1 Å². The molecule has 0 bridgehead atoms. The van der Waals surface area contributed by atoms with E-state index in [-0.39, 0.29) is 30.2 Å². The van der Waals surface area contributed by atoms with Gasteiger partial charge < -0.3 is 15.5 Å². The highest BCUT2D eigenvalue weighted by atomic mass is 16.2. The van der Waals surface area contributed by atoms with Crippen molar-refractivity contribution < 1.29 is 14.4 Å². The van der Waals surface area contributed by atoms with Crippen LogP contribution >= 0.6 is 0 Å². The highest BCUT2D eigenvalue weighted by Crippen LogP contribution is 2.25. The second-order valence-corrected chi connectivity index (χ2v) is 7.38. The van der Waals surface area contributed by atoms with Crippen LogP contribution in [0.1, 0.15) is 42.5 Å². The maximum Gasteiger partial charge on any atom is 0.251 e. The minimum Gasteiger partial charge on any atom is -0.349 e. The first-order chi connectivity index (χ1) is 13.6. The number of benzene rings is 1. The molecule has 1 saturated heterocycles. The molecule has 1 aromatic carbocycles. The van der Waals surface area contributed by atoms with Crippen molar-refractivity contribution in [2.24, 2.45) is 5.92 Å². The van der Waals surface area contributed by atoms with Crippen LogP contribution in [-0.4, -0.2) is 40.5 Å². The number of hydrogen-bond donors (Lipinski definition) is 3. The minimum atomic E-state index is -0.423. The summed E-state index contributed by atoms with van der Waals surface area (Å²) in [7, 11) is 0. The predicted molar refractivity (Wildman–Crippen MR) is 104 cm³/mol. The fourth-order valence-corrected chi connectivity index (χ4v) is 3.81. The summed E-state index contributed by atoms with van der Waals surface area (Å²) in [6, 6.07) is 7.11. The number of nitrogens with zero attached hydrogens (tertiary/aromatic N) is 2.